The van der Waals surface area contributed by atoms with E-state index in [4.69, 9.17) is 9.72 Å². The molecule has 2 aliphatic rings. The van der Waals surface area contributed by atoms with Crippen LogP contribution in [-0.4, -0.2) is 48.4 Å². The molecule has 2 heterocycles. The van der Waals surface area contributed by atoms with Gasteiger partial charge in [-0.15, -0.1) is 0 Å². The monoisotopic (exact) mass is 290 g/mol. The molecule has 1 saturated heterocycles. The molecular formula is C16H26N4O. The number of hydrogen-bond acceptors (Lipinski definition) is 5. The van der Waals surface area contributed by atoms with Crippen molar-refractivity contribution in [2.75, 3.05) is 31.2 Å². The van der Waals surface area contributed by atoms with Gasteiger partial charge in [0.15, 0.2) is 0 Å². The lowest BCUT2D eigenvalue weighted by atomic mass is 10.1. The van der Waals surface area contributed by atoms with Gasteiger partial charge in [-0.2, -0.15) is 0 Å². The second-order valence-corrected chi connectivity index (χ2v) is 6.49. The first-order valence-corrected chi connectivity index (χ1v) is 8.07. The van der Waals surface area contributed by atoms with Crippen LogP contribution >= 0.6 is 0 Å². The number of nitrogens with one attached hydrogen (secondary N) is 1. The Hall–Kier alpha value is -1.20. The van der Waals surface area contributed by atoms with E-state index < -0.39 is 0 Å². The summed E-state index contributed by atoms with van der Waals surface area (Å²) in [5.74, 6) is 1.29. The van der Waals surface area contributed by atoms with Crippen LogP contribution in [0, 0.1) is 6.92 Å². The van der Waals surface area contributed by atoms with Crippen LogP contribution in [0.2, 0.25) is 0 Å². The van der Waals surface area contributed by atoms with Gasteiger partial charge in [0.05, 0.1) is 19.3 Å². The maximum absolute atomic E-state index is 5.66. The first kappa shape index (κ1) is 14.7. The van der Waals surface area contributed by atoms with Gasteiger partial charge in [-0.1, -0.05) is 13.8 Å². The van der Waals surface area contributed by atoms with E-state index >= 15 is 0 Å². The van der Waals surface area contributed by atoms with Gasteiger partial charge in [0.1, 0.15) is 0 Å². The molecule has 5 nitrogen and oxygen atoms in total. The lowest BCUT2D eigenvalue weighted by Gasteiger charge is -2.36. The molecule has 2 fully saturated rings. The van der Waals surface area contributed by atoms with Crippen LogP contribution in [0.5, 0.6) is 0 Å². The van der Waals surface area contributed by atoms with Gasteiger partial charge in [0, 0.05) is 30.5 Å². The van der Waals surface area contributed by atoms with Crippen LogP contribution in [0.4, 0.5) is 5.95 Å². The smallest absolute Gasteiger partial charge is 0.226 e. The number of ether oxygens (including phenoxy) is 1. The highest BCUT2D eigenvalue weighted by Crippen LogP contribution is 2.22. The molecule has 0 aromatic carbocycles. The van der Waals surface area contributed by atoms with E-state index in [0.717, 1.165) is 49.7 Å². The molecule has 0 spiro atoms. The number of aryl methyl sites for hydroxylation is 1. The quantitative estimate of drug-likeness (QED) is 0.897. The van der Waals surface area contributed by atoms with Crippen molar-refractivity contribution in [3.63, 3.8) is 0 Å². The molecule has 0 radical (unpaired) electrons. The first-order chi connectivity index (χ1) is 10.1. The third kappa shape index (κ3) is 3.71. The average Bonchev–Trinajstić information content (AvgIpc) is 3.29. The molecule has 1 saturated carbocycles. The van der Waals surface area contributed by atoms with E-state index in [1.165, 1.54) is 12.8 Å². The van der Waals surface area contributed by atoms with Crippen molar-refractivity contribution in [2.45, 2.75) is 51.6 Å². The summed E-state index contributed by atoms with van der Waals surface area (Å²) >= 11 is 0. The van der Waals surface area contributed by atoms with Crippen LogP contribution in [0.1, 0.15) is 44.0 Å². The van der Waals surface area contributed by atoms with Crippen LogP contribution in [0.15, 0.2) is 6.07 Å². The fraction of sp³-hybridized carbons (Fsp3) is 0.750. The van der Waals surface area contributed by atoms with Gasteiger partial charge in [-0.25, -0.2) is 9.97 Å². The number of hydrogen-bond donors (Lipinski definition) is 1. The summed E-state index contributed by atoms with van der Waals surface area (Å²) in [4.78, 5) is 11.8. The van der Waals surface area contributed by atoms with Crippen molar-refractivity contribution in [1.29, 1.82) is 0 Å². The Balaban J connectivity index is 1.77. The van der Waals surface area contributed by atoms with Gasteiger partial charge in [-0.3, -0.25) is 0 Å². The highest BCUT2D eigenvalue weighted by atomic mass is 16.5. The summed E-state index contributed by atoms with van der Waals surface area (Å²) < 4.78 is 5.66. The van der Waals surface area contributed by atoms with Crippen molar-refractivity contribution >= 4 is 5.95 Å². The van der Waals surface area contributed by atoms with Gasteiger partial charge in [0.25, 0.3) is 0 Å². The normalized spacial score (nSPS) is 22.9. The standard InChI is InChI=1S/C16H26N4O/c1-11(2)15-8-12(3)18-16(19-15)20-6-7-21-10-14(20)9-17-13-4-5-13/h8,11,13-14,17H,4-7,9-10H2,1-3H3. The molecule has 1 aromatic heterocycles. The summed E-state index contributed by atoms with van der Waals surface area (Å²) in [5, 5.41) is 3.60. The van der Waals surface area contributed by atoms with Crippen LogP contribution in [-0.2, 0) is 4.74 Å². The number of rotatable bonds is 5. The first-order valence-electron chi connectivity index (χ1n) is 8.07. The fourth-order valence-electron chi connectivity index (χ4n) is 2.68. The molecule has 3 rings (SSSR count). The van der Waals surface area contributed by atoms with E-state index in [9.17, 15) is 0 Å². The Bertz CT molecular complexity index is 487. The summed E-state index contributed by atoms with van der Waals surface area (Å²) in [6.45, 7) is 9.75. The number of morpholine rings is 1. The largest absolute Gasteiger partial charge is 0.377 e. The van der Waals surface area contributed by atoms with E-state index in [2.05, 4.69) is 42.0 Å². The predicted molar refractivity (Wildman–Crippen MR) is 83.8 cm³/mol. The second kappa shape index (κ2) is 6.28. The lowest BCUT2D eigenvalue weighted by Crippen LogP contribution is -2.51. The minimum Gasteiger partial charge on any atom is -0.377 e. The van der Waals surface area contributed by atoms with Gasteiger partial charge < -0.3 is 15.0 Å². The summed E-state index contributed by atoms with van der Waals surface area (Å²) in [7, 11) is 0. The Morgan fingerprint density at radius 2 is 2.19 bits per heavy atom. The van der Waals surface area contributed by atoms with Crippen molar-refractivity contribution in [3.8, 4) is 0 Å². The molecule has 21 heavy (non-hydrogen) atoms. The molecule has 1 atom stereocenters. The molecule has 1 N–H and O–H groups in total. The lowest BCUT2D eigenvalue weighted by molar-refractivity contribution is 0.0927. The SMILES string of the molecule is Cc1cc(C(C)C)nc(N2CCOCC2CNC2CC2)n1. The summed E-state index contributed by atoms with van der Waals surface area (Å²) in [6, 6.07) is 3.14. The molecule has 0 amide bonds. The molecule has 5 heteroatoms. The van der Waals surface area contributed by atoms with E-state index in [-0.39, 0.29) is 0 Å². The van der Waals surface area contributed by atoms with Gasteiger partial charge in [-0.05, 0) is 31.7 Å². The minimum atomic E-state index is 0.334. The molecule has 0 bridgehead atoms. The molecule has 1 aliphatic heterocycles. The third-order valence-corrected chi connectivity index (χ3v) is 4.16. The average molecular weight is 290 g/mol. The van der Waals surface area contributed by atoms with Crippen molar-refractivity contribution in [3.05, 3.63) is 17.5 Å². The van der Waals surface area contributed by atoms with E-state index in [0.29, 0.717) is 12.0 Å². The number of anilines is 1. The third-order valence-electron chi connectivity index (χ3n) is 4.16. The molecule has 1 aliphatic carbocycles. The summed E-state index contributed by atoms with van der Waals surface area (Å²) in [6.07, 6.45) is 2.62. The van der Waals surface area contributed by atoms with E-state index in [1.54, 1.807) is 0 Å². The fourth-order valence-corrected chi connectivity index (χ4v) is 2.68. The maximum atomic E-state index is 5.66. The molecule has 1 unspecified atom stereocenters. The van der Waals surface area contributed by atoms with Crippen molar-refractivity contribution in [1.82, 2.24) is 15.3 Å². The maximum Gasteiger partial charge on any atom is 0.226 e. The second-order valence-electron chi connectivity index (χ2n) is 6.49. The number of aromatic nitrogens is 2. The Morgan fingerprint density at radius 3 is 2.90 bits per heavy atom. The Labute approximate surface area is 127 Å². The minimum absolute atomic E-state index is 0.334. The zero-order valence-corrected chi connectivity index (χ0v) is 13.3. The van der Waals surface area contributed by atoms with Gasteiger partial charge >= 0.3 is 0 Å². The topological polar surface area (TPSA) is 50.3 Å². The Kier molecular flexibility index (Phi) is 4.40. The van der Waals surface area contributed by atoms with Gasteiger partial charge in [0.2, 0.25) is 5.95 Å². The molecular weight excluding hydrogens is 264 g/mol. The summed E-state index contributed by atoms with van der Waals surface area (Å²) in [5.41, 5.74) is 2.17. The molecule has 1 aromatic rings. The zero-order chi connectivity index (χ0) is 14.8. The van der Waals surface area contributed by atoms with Crippen LogP contribution in [0.25, 0.3) is 0 Å². The number of nitrogens with zero attached hydrogens (tertiary/aromatic N) is 3. The molecule has 116 valence electrons. The highest BCUT2D eigenvalue weighted by molar-refractivity contribution is 5.35. The van der Waals surface area contributed by atoms with Crippen LogP contribution < -0.4 is 10.2 Å². The van der Waals surface area contributed by atoms with E-state index in [1.807, 2.05) is 0 Å². The Morgan fingerprint density at radius 1 is 1.38 bits per heavy atom. The highest BCUT2D eigenvalue weighted by Gasteiger charge is 2.28. The van der Waals surface area contributed by atoms with Crippen molar-refractivity contribution in [2.24, 2.45) is 0 Å². The zero-order valence-electron chi connectivity index (χ0n) is 13.3. The van der Waals surface area contributed by atoms with Crippen LogP contribution in [0.3, 0.4) is 0 Å². The predicted octanol–water partition coefficient (Wildman–Crippen LogP) is 1.87. The van der Waals surface area contributed by atoms with Crippen molar-refractivity contribution < 1.29 is 4.74 Å².